The minimum absolute atomic E-state index is 0.0508. The maximum Gasteiger partial charge on any atom is 0.248 e. The number of amides is 1. The first kappa shape index (κ1) is 23.4. The summed E-state index contributed by atoms with van der Waals surface area (Å²) < 4.78 is 56.8. The van der Waals surface area contributed by atoms with Gasteiger partial charge in [0.25, 0.3) is 0 Å². The number of nitrogens with one attached hydrogen (secondary N) is 3. The molecule has 0 saturated carbocycles. The number of sulfonamides is 2. The molecule has 2 aromatic rings. The molecule has 0 radical (unpaired) electrons. The number of hydrogen-bond donors (Lipinski definition) is 3. The van der Waals surface area contributed by atoms with Crippen molar-refractivity contribution in [1.29, 1.82) is 0 Å². The van der Waals surface area contributed by atoms with Crippen molar-refractivity contribution in [1.82, 2.24) is 4.72 Å². The Bertz CT molecular complexity index is 1190. The Morgan fingerprint density at radius 2 is 1.77 bits per heavy atom. The van der Waals surface area contributed by atoms with Gasteiger partial charge in [-0.15, -0.1) is 0 Å². The van der Waals surface area contributed by atoms with Crippen LogP contribution >= 0.6 is 0 Å². The lowest BCUT2D eigenvalue weighted by atomic mass is 10.2. The highest BCUT2D eigenvalue weighted by Crippen LogP contribution is 2.25. The molecule has 0 aromatic heterocycles. The Morgan fingerprint density at radius 3 is 2.37 bits per heavy atom. The number of ether oxygens (including phenoxy) is 1. The predicted molar refractivity (Wildman–Crippen MR) is 117 cm³/mol. The average molecular weight is 454 g/mol. The number of hydrogen-bond acceptors (Lipinski definition) is 6. The Balaban J connectivity index is 2.21. The van der Waals surface area contributed by atoms with Crippen molar-refractivity contribution in [3.8, 4) is 5.75 Å². The largest absolute Gasteiger partial charge is 0.495 e. The Morgan fingerprint density at radius 1 is 1.07 bits per heavy atom. The molecule has 0 aliphatic carbocycles. The highest BCUT2D eigenvalue weighted by Gasteiger charge is 2.17. The van der Waals surface area contributed by atoms with E-state index < -0.39 is 26.0 Å². The molecule has 0 atom stereocenters. The highest BCUT2D eigenvalue weighted by molar-refractivity contribution is 7.92. The van der Waals surface area contributed by atoms with E-state index in [2.05, 4.69) is 14.8 Å². The molecule has 0 fully saturated rings. The van der Waals surface area contributed by atoms with Crippen LogP contribution in [-0.2, 0) is 24.8 Å². The van der Waals surface area contributed by atoms with E-state index in [1.165, 1.54) is 44.5 Å². The zero-order valence-corrected chi connectivity index (χ0v) is 18.5. The first-order valence-electron chi connectivity index (χ1n) is 8.64. The summed E-state index contributed by atoms with van der Waals surface area (Å²) in [7, 11) is -4.54. The monoisotopic (exact) mass is 453 g/mol. The molecular weight excluding hydrogens is 430 g/mol. The third kappa shape index (κ3) is 6.31. The van der Waals surface area contributed by atoms with Crippen molar-refractivity contribution < 1.29 is 26.4 Å². The summed E-state index contributed by atoms with van der Waals surface area (Å²) in [5.41, 5.74) is 1.93. The highest BCUT2D eigenvalue weighted by atomic mass is 32.2. The third-order valence-electron chi connectivity index (χ3n) is 3.97. The van der Waals surface area contributed by atoms with Crippen molar-refractivity contribution in [2.75, 3.05) is 30.5 Å². The summed E-state index contributed by atoms with van der Waals surface area (Å²) in [5, 5.41) is 2.63. The fraction of sp³-hybridized carbons (Fsp3) is 0.211. The van der Waals surface area contributed by atoms with Gasteiger partial charge in [-0.05, 0) is 55.4 Å². The van der Waals surface area contributed by atoms with E-state index in [4.69, 9.17) is 4.74 Å². The summed E-state index contributed by atoms with van der Waals surface area (Å²) in [4.78, 5) is 12.2. The van der Waals surface area contributed by atoms with Crippen LogP contribution in [0.4, 0.5) is 11.4 Å². The molecule has 0 unspecified atom stereocenters. The van der Waals surface area contributed by atoms with Crippen molar-refractivity contribution in [2.45, 2.75) is 11.8 Å². The summed E-state index contributed by atoms with van der Waals surface area (Å²) in [6.07, 6.45) is 3.73. The van der Waals surface area contributed by atoms with Crippen LogP contribution in [-0.4, -0.2) is 43.2 Å². The minimum atomic E-state index is -3.74. The first-order chi connectivity index (χ1) is 13.9. The van der Waals surface area contributed by atoms with E-state index in [9.17, 15) is 21.6 Å². The number of rotatable bonds is 8. The molecule has 0 aliphatic rings. The average Bonchev–Trinajstić information content (AvgIpc) is 2.67. The fourth-order valence-corrected chi connectivity index (χ4v) is 4.03. The standard InChI is InChI=1S/C19H23N3O6S2/c1-13-5-8-15(12-16(13)22-29(4,24)25)21-19(23)10-7-14-6-9-17(28-3)18(11-14)30(26,27)20-2/h5-12,20,22H,1-4H3,(H,21,23)/b10-7+. The zero-order valence-electron chi connectivity index (χ0n) is 16.9. The molecule has 3 N–H and O–H groups in total. The van der Waals surface area contributed by atoms with E-state index in [1.807, 2.05) is 0 Å². The predicted octanol–water partition coefficient (Wildman–Crippen LogP) is 1.94. The van der Waals surface area contributed by atoms with Crippen LogP contribution in [0.2, 0.25) is 0 Å². The van der Waals surface area contributed by atoms with Crippen LogP contribution in [0.5, 0.6) is 5.75 Å². The normalized spacial score (nSPS) is 12.0. The van der Waals surface area contributed by atoms with Crippen LogP contribution in [0.1, 0.15) is 11.1 Å². The second kappa shape index (κ2) is 9.28. The van der Waals surface area contributed by atoms with Gasteiger partial charge in [0.2, 0.25) is 26.0 Å². The maximum atomic E-state index is 12.2. The number of methoxy groups -OCH3 is 1. The zero-order chi connectivity index (χ0) is 22.5. The second-order valence-electron chi connectivity index (χ2n) is 6.34. The van der Waals surface area contributed by atoms with Gasteiger partial charge >= 0.3 is 0 Å². The molecule has 0 aliphatic heterocycles. The maximum absolute atomic E-state index is 12.2. The molecule has 2 aromatic carbocycles. The van der Waals surface area contributed by atoms with Crippen LogP contribution in [0.25, 0.3) is 6.08 Å². The lowest BCUT2D eigenvalue weighted by molar-refractivity contribution is -0.111. The Kier molecular flexibility index (Phi) is 7.24. The number of carbonyl (C=O) groups excluding carboxylic acids is 1. The van der Waals surface area contributed by atoms with Crippen molar-refractivity contribution >= 4 is 43.4 Å². The van der Waals surface area contributed by atoms with Gasteiger partial charge < -0.3 is 10.1 Å². The van der Waals surface area contributed by atoms with E-state index >= 15 is 0 Å². The lowest BCUT2D eigenvalue weighted by Gasteiger charge is -2.10. The Labute approximate surface area is 176 Å². The SMILES string of the molecule is CNS(=O)(=O)c1cc(/C=C/C(=O)Nc2ccc(C)c(NS(C)(=O)=O)c2)ccc1OC. The van der Waals surface area contributed by atoms with Crippen molar-refractivity contribution in [3.05, 3.63) is 53.6 Å². The molecule has 30 heavy (non-hydrogen) atoms. The van der Waals surface area contributed by atoms with Gasteiger partial charge in [0.1, 0.15) is 10.6 Å². The van der Waals surface area contributed by atoms with Gasteiger partial charge in [0.05, 0.1) is 19.1 Å². The lowest BCUT2D eigenvalue weighted by Crippen LogP contribution is -2.19. The van der Waals surface area contributed by atoms with Crippen LogP contribution < -0.4 is 19.5 Å². The van der Waals surface area contributed by atoms with Crippen molar-refractivity contribution in [3.63, 3.8) is 0 Å². The van der Waals surface area contributed by atoms with Crippen LogP contribution in [0.3, 0.4) is 0 Å². The van der Waals surface area contributed by atoms with Gasteiger partial charge in [0, 0.05) is 11.8 Å². The van der Waals surface area contributed by atoms with Gasteiger partial charge in [-0.2, -0.15) is 0 Å². The molecule has 2 rings (SSSR count). The Hall–Kier alpha value is -2.89. The second-order valence-corrected chi connectivity index (χ2v) is 9.95. The number of anilines is 2. The third-order valence-corrected chi connectivity index (χ3v) is 6.00. The summed E-state index contributed by atoms with van der Waals surface area (Å²) in [6.45, 7) is 1.74. The van der Waals surface area contributed by atoms with Crippen molar-refractivity contribution in [2.24, 2.45) is 0 Å². The molecule has 0 saturated heterocycles. The van der Waals surface area contributed by atoms with Crippen LogP contribution in [0.15, 0.2) is 47.4 Å². The number of benzene rings is 2. The summed E-state index contributed by atoms with van der Waals surface area (Å²) in [5.74, 6) is -0.297. The molecule has 162 valence electrons. The molecular formula is C19H23N3O6S2. The number of carbonyl (C=O) groups is 1. The molecule has 9 nitrogen and oxygen atoms in total. The molecule has 11 heteroatoms. The van der Waals surface area contributed by atoms with Gasteiger partial charge in [-0.3, -0.25) is 9.52 Å². The fourth-order valence-electron chi connectivity index (χ4n) is 2.48. The van der Waals surface area contributed by atoms with E-state index in [0.29, 0.717) is 22.5 Å². The van der Waals surface area contributed by atoms with E-state index in [0.717, 1.165) is 6.26 Å². The smallest absolute Gasteiger partial charge is 0.248 e. The molecule has 0 bridgehead atoms. The minimum Gasteiger partial charge on any atom is -0.495 e. The molecule has 0 spiro atoms. The van der Waals surface area contributed by atoms with Gasteiger partial charge in [-0.25, -0.2) is 21.6 Å². The molecule has 0 heterocycles. The quantitative estimate of drug-likeness (QED) is 0.524. The first-order valence-corrected chi connectivity index (χ1v) is 12.0. The summed E-state index contributed by atoms with van der Waals surface area (Å²) in [6, 6.07) is 9.30. The topological polar surface area (TPSA) is 131 Å². The number of aryl methyl sites for hydroxylation is 1. The van der Waals surface area contributed by atoms with Gasteiger partial charge in [0.15, 0.2) is 0 Å². The summed E-state index contributed by atoms with van der Waals surface area (Å²) >= 11 is 0. The van der Waals surface area contributed by atoms with Crippen LogP contribution in [0, 0.1) is 6.92 Å². The molecule has 1 amide bonds. The van der Waals surface area contributed by atoms with E-state index in [1.54, 1.807) is 25.1 Å². The van der Waals surface area contributed by atoms with Gasteiger partial charge in [-0.1, -0.05) is 12.1 Å². The van der Waals surface area contributed by atoms with E-state index in [-0.39, 0.29) is 10.6 Å².